The molecule has 1 saturated heterocycles. The molecular formula is C24H26F2N2O4. The molecule has 8 heteroatoms. The number of morpholine rings is 1. The monoisotopic (exact) mass is 444 g/mol. The van der Waals surface area contributed by atoms with E-state index in [9.17, 15) is 18.4 Å². The van der Waals surface area contributed by atoms with Gasteiger partial charge in [0.25, 0.3) is 11.8 Å². The van der Waals surface area contributed by atoms with Crippen LogP contribution in [0.1, 0.15) is 33.6 Å². The summed E-state index contributed by atoms with van der Waals surface area (Å²) in [5, 5.41) is 0. The fraction of sp³-hybridized carbons (Fsp3) is 0.417. The summed E-state index contributed by atoms with van der Waals surface area (Å²) in [6.45, 7) is 1.75. The van der Waals surface area contributed by atoms with Gasteiger partial charge in [-0.15, -0.1) is 0 Å². The highest BCUT2D eigenvalue weighted by molar-refractivity contribution is 5.95. The van der Waals surface area contributed by atoms with Crippen LogP contribution in [-0.4, -0.2) is 67.6 Å². The zero-order valence-electron chi connectivity index (χ0n) is 17.9. The van der Waals surface area contributed by atoms with Crippen LogP contribution in [-0.2, 0) is 4.74 Å². The highest BCUT2D eigenvalue weighted by Gasteiger charge is 2.32. The molecule has 2 aliphatic rings. The average molecular weight is 444 g/mol. The molecule has 0 aromatic heterocycles. The van der Waals surface area contributed by atoms with Crippen LogP contribution < -0.4 is 4.74 Å². The van der Waals surface area contributed by atoms with Gasteiger partial charge in [-0.3, -0.25) is 9.59 Å². The average Bonchev–Trinajstić information content (AvgIpc) is 3.62. The van der Waals surface area contributed by atoms with Crippen molar-refractivity contribution in [1.82, 2.24) is 9.80 Å². The van der Waals surface area contributed by atoms with Gasteiger partial charge in [-0.2, -0.15) is 0 Å². The molecule has 170 valence electrons. The van der Waals surface area contributed by atoms with Gasteiger partial charge in [-0.05, 0) is 49.1 Å². The Bertz CT molecular complexity index is 996. The van der Waals surface area contributed by atoms with Crippen molar-refractivity contribution in [2.24, 2.45) is 5.92 Å². The van der Waals surface area contributed by atoms with Gasteiger partial charge in [0.05, 0.1) is 25.4 Å². The van der Waals surface area contributed by atoms with E-state index < -0.39 is 23.6 Å². The Labute approximate surface area is 185 Å². The predicted octanol–water partition coefficient (Wildman–Crippen LogP) is 3.37. The molecule has 0 N–H and O–H groups in total. The van der Waals surface area contributed by atoms with Crippen molar-refractivity contribution in [1.29, 1.82) is 0 Å². The van der Waals surface area contributed by atoms with Gasteiger partial charge in [0.1, 0.15) is 17.4 Å². The third-order valence-corrected chi connectivity index (χ3v) is 5.79. The van der Waals surface area contributed by atoms with Crippen LogP contribution >= 0.6 is 0 Å². The molecule has 0 radical (unpaired) electrons. The quantitative estimate of drug-likeness (QED) is 0.657. The van der Waals surface area contributed by atoms with Crippen molar-refractivity contribution in [2.75, 3.05) is 39.9 Å². The number of benzene rings is 2. The van der Waals surface area contributed by atoms with Gasteiger partial charge >= 0.3 is 0 Å². The van der Waals surface area contributed by atoms with Gasteiger partial charge in [0, 0.05) is 37.8 Å². The minimum Gasteiger partial charge on any atom is -0.497 e. The normalized spacial score (nSPS) is 18.3. The summed E-state index contributed by atoms with van der Waals surface area (Å²) < 4.78 is 38.4. The number of carbonyl (C=O) groups excluding carboxylic acids is 2. The van der Waals surface area contributed by atoms with Crippen molar-refractivity contribution < 1.29 is 27.8 Å². The minimum atomic E-state index is -0.887. The van der Waals surface area contributed by atoms with E-state index in [1.54, 1.807) is 36.3 Å². The van der Waals surface area contributed by atoms with E-state index in [1.165, 1.54) is 4.90 Å². The van der Waals surface area contributed by atoms with Gasteiger partial charge in [0.2, 0.25) is 0 Å². The third-order valence-electron chi connectivity index (χ3n) is 5.79. The van der Waals surface area contributed by atoms with Crippen LogP contribution in [0, 0.1) is 17.6 Å². The van der Waals surface area contributed by atoms with Crippen molar-refractivity contribution >= 4 is 11.8 Å². The molecule has 0 bridgehead atoms. The predicted molar refractivity (Wildman–Crippen MR) is 114 cm³/mol. The molecule has 4 rings (SSSR count). The second-order valence-electron chi connectivity index (χ2n) is 8.25. The third kappa shape index (κ3) is 5.24. The number of amides is 2. The summed E-state index contributed by atoms with van der Waals surface area (Å²) in [6.07, 6.45) is 1.77. The maximum absolute atomic E-state index is 14.1. The number of ether oxygens (including phenoxy) is 2. The zero-order chi connectivity index (χ0) is 22.7. The lowest BCUT2D eigenvalue weighted by Gasteiger charge is -2.36. The van der Waals surface area contributed by atoms with Crippen LogP contribution in [0.15, 0.2) is 42.5 Å². The minimum absolute atomic E-state index is 0.118. The van der Waals surface area contributed by atoms with E-state index in [1.807, 2.05) is 0 Å². The van der Waals surface area contributed by atoms with Crippen LogP contribution in [0.5, 0.6) is 5.75 Å². The van der Waals surface area contributed by atoms with Crippen molar-refractivity contribution in [3.63, 3.8) is 0 Å². The first kappa shape index (κ1) is 22.2. The van der Waals surface area contributed by atoms with E-state index in [0.717, 1.165) is 25.0 Å². The Hall–Kier alpha value is -3.00. The first-order chi connectivity index (χ1) is 15.4. The molecule has 2 aromatic rings. The smallest absolute Gasteiger partial charge is 0.257 e. The first-order valence-electron chi connectivity index (χ1n) is 10.7. The van der Waals surface area contributed by atoms with Crippen LogP contribution in [0.4, 0.5) is 8.78 Å². The molecule has 32 heavy (non-hydrogen) atoms. The largest absolute Gasteiger partial charge is 0.497 e. The highest BCUT2D eigenvalue weighted by Crippen LogP contribution is 2.30. The van der Waals surface area contributed by atoms with Gasteiger partial charge in [-0.25, -0.2) is 8.78 Å². The van der Waals surface area contributed by atoms with Crippen LogP contribution in [0.2, 0.25) is 0 Å². The first-order valence-corrected chi connectivity index (χ1v) is 10.7. The Morgan fingerprint density at radius 3 is 2.69 bits per heavy atom. The molecule has 6 nitrogen and oxygen atoms in total. The Morgan fingerprint density at radius 2 is 1.97 bits per heavy atom. The van der Waals surface area contributed by atoms with Crippen molar-refractivity contribution in [2.45, 2.75) is 18.9 Å². The lowest BCUT2D eigenvalue weighted by atomic mass is 10.1. The van der Waals surface area contributed by atoms with E-state index in [-0.39, 0.29) is 24.6 Å². The van der Waals surface area contributed by atoms with Crippen LogP contribution in [0.25, 0.3) is 0 Å². The fourth-order valence-electron chi connectivity index (χ4n) is 3.88. The Kier molecular flexibility index (Phi) is 6.69. The van der Waals surface area contributed by atoms with Crippen molar-refractivity contribution in [3.8, 4) is 5.75 Å². The summed E-state index contributed by atoms with van der Waals surface area (Å²) >= 11 is 0. The molecule has 2 amide bonds. The van der Waals surface area contributed by atoms with Gasteiger partial charge in [-0.1, -0.05) is 6.07 Å². The molecule has 0 spiro atoms. The molecule has 1 aliphatic carbocycles. The topological polar surface area (TPSA) is 59.1 Å². The van der Waals surface area contributed by atoms with Gasteiger partial charge < -0.3 is 19.3 Å². The number of carbonyl (C=O) groups is 2. The summed E-state index contributed by atoms with van der Waals surface area (Å²) in [5.41, 5.74) is 0.358. The zero-order valence-corrected chi connectivity index (χ0v) is 17.9. The second-order valence-corrected chi connectivity index (χ2v) is 8.25. The molecule has 1 heterocycles. The summed E-state index contributed by atoms with van der Waals surface area (Å²) in [4.78, 5) is 29.3. The highest BCUT2D eigenvalue weighted by atomic mass is 19.1. The molecule has 1 atom stereocenters. The second kappa shape index (κ2) is 9.65. The molecule has 2 aromatic carbocycles. The Morgan fingerprint density at radius 1 is 1.16 bits per heavy atom. The molecule has 1 aliphatic heterocycles. The maximum Gasteiger partial charge on any atom is 0.257 e. The van der Waals surface area contributed by atoms with E-state index in [4.69, 9.17) is 9.47 Å². The molecule has 2 fully saturated rings. The number of nitrogens with zero attached hydrogens (tertiary/aromatic N) is 2. The van der Waals surface area contributed by atoms with E-state index in [0.29, 0.717) is 42.9 Å². The number of hydrogen-bond donors (Lipinski definition) is 0. The summed E-state index contributed by atoms with van der Waals surface area (Å²) in [6, 6.07) is 9.94. The van der Waals surface area contributed by atoms with Crippen molar-refractivity contribution in [3.05, 3.63) is 65.2 Å². The van der Waals surface area contributed by atoms with E-state index in [2.05, 4.69) is 0 Å². The molecular weight excluding hydrogens is 418 g/mol. The summed E-state index contributed by atoms with van der Waals surface area (Å²) in [5.74, 6) is -1.17. The number of hydrogen-bond acceptors (Lipinski definition) is 4. The maximum atomic E-state index is 14.1. The van der Waals surface area contributed by atoms with Gasteiger partial charge in [0.15, 0.2) is 0 Å². The van der Waals surface area contributed by atoms with E-state index >= 15 is 0 Å². The number of rotatable bonds is 7. The lowest BCUT2D eigenvalue weighted by Crippen LogP contribution is -2.51. The van der Waals surface area contributed by atoms with Crippen LogP contribution in [0.3, 0.4) is 0 Å². The molecule has 1 unspecified atom stereocenters. The standard InChI is InChI=1S/C24H26F2N2O4/c1-31-19-4-2-3-17(11-19)23(29)28(13-16-5-6-16)15-20-14-27(9-10-32-20)24(30)21-8-7-18(25)12-22(21)26/h2-4,7-8,11-12,16,20H,5-6,9-10,13-15H2,1H3. The Balaban J connectivity index is 1.46. The SMILES string of the molecule is COc1cccc(C(=O)N(CC2CC2)CC2CN(C(=O)c3ccc(F)cc3F)CCO2)c1. The lowest BCUT2D eigenvalue weighted by molar-refractivity contribution is -0.0336. The molecule has 1 saturated carbocycles. The number of halogens is 2. The summed E-state index contributed by atoms with van der Waals surface area (Å²) in [7, 11) is 1.55. The fourth-order valence-corrected chi connectivity index (χ4v) is 3.88. The number of methoxy groups -OCH3 is 1.